The zero-order valence-electron chi connectivity index (χ0n) is 16.0. The van der Waals surface area contributed by atoms with Crippen LogP contribution in [0.2, 0.25) is 0 Å². The third-order valence-corrected chi connectivity index (χ3v) is 4.48. The van der Waals surface area contributed by atoms with Gasteiger partial charge >= 0.3 is 5.97 Å². The number of nitrogens with zero attached hydrogens (tertiary/aromatic N) is 2. The van der Waals surface area contributed by atoms with Crippen LogP contribution in [-0.2, 0) is 11.3 Å². The van der Waals surface area contributed by atoms with Crippen molar-refractivity contribution in [3.8, 4) is 0 Å². The van der Waals surface area contributed by atoms with Crippen LogP contribution in [-0.4, -0.2) is 30.8 Å². The number of halogens is 1. The highest BCUT2D eigenvalue weighted by atomic mass is 19.1. The van der Waals surface area contributed by atoms with E-state index in [-0.39, 0.29) is 12.4 Å². The smallest absolute Gasteiger partial charge is 0.338 e. The number of carbonyl (C=O) groups excluding carboxylic acids is 1. The Morgan fingerprint density at radius 1 is 1.19 bits per heavy atom. The summed E-state index contributed by atoms with van der Waals surface area (Å²) < 4.78 is 18.9. The van der Waals surface area contributed by atoms with Crippen molar-refractivity contribution in [3.05, 3.63) is 64.0 Å². The maximum Gasteiger partial charge on any atom is 0.338 e. The van der Waals surface area contributed by atoms with Crippen molar-refractivity contribution in [2.45, 2.75) is 34.3 Å². The molecule has 2 aromatic rings. The molecule has 138 valence electrons. The topological polar surface area (TPSA) is 41.9 Å². The Bertz CT molecular complexity index is 831. The van der Waals surface area contributed by atoms with E-state index in [1.54, 1.807) is 31.5 Å². The van der Waals surface area contributed by atoms with Crippen molar-refractivity contribution in [1.29, 1.82) is 0 Å². The third kappa shape index (κ3) is 4.69. The number of ether oxygens (including phenoxy) is 1. The Labute approximate surface area is 154 Å². The number of hydrogen-bond acceptors (Lipinski definition) is 3. The van der Waals surface area contributed by atoms with Gasteiger partial charge < -0.3 is 9.64 Å². The quantitative estimate of drug-likeness (QED) is 0.427. The van der Waals surface area contributed by atoms with Crippen LogP contribution in [0.5, 0.6) is 0 Å². The zero-order chi connectivity index (χ0) is 19.3. The van der Waals surface area contributed by atoms with Crippen molar-refractivity contribution in [2.24, 2.45) is 4.99 Å². The summed E-state index contributed by atoms with van der Waals surface area (Å²) in [7, 11) is 1.95. The second-order valence-electron chi connectivity index (χ2n) is 6.36. The summed E-state index contributed by atoms with van der Waals surface area (Å²) in [5, 5.41) is 0. The minimum Gasteiger partial charge on any atom is -0.457 e. The highest BCUT2D eigenvalue weighted by Gasteiger charge is 2.14. The normalized spacial score (nSPS) is 11.0. The molecule has 0 fully saturated rings. The Hall–Kier alpha value is -2.69. The predicted octanol–water partition coefficient (Wildman–Crippen LogP) is 4.72. The van der Waals surface area contributed by atoms with Crippen LogP contribution < -0.4 is 0 Å². The summed E-state index contributed by atoms with van der Waals surface area (Å²) in [6, 6.07) is 8.35. The third-order valence-electron chi connectivity index (χ3n) is 4.48. The van der Waals surface area contributed by atoms with Gasteiger partial charge in [0.15, 0.2) is 0 Å². The van der Waals surface area contributed by atoms with Crippen molar-refractivity contribution < 1.29 is 13.9 Å². The maximum absolute atomic E-state index is 13.6. The monoisotopic (exact) mass is 356 g/mol. The molecule has 0 aliphatic rings. The fraction of sp³-hybridized carbons (Fsp3) is 0.333. The molecule has 0 aliphatic heterocycles. The van der Waals surface area contributed by atoms with Gasteiger partial charge in [-0.25, -0.2) is 14.2 Å². The molecule has 0 N–H and O–H groups in total. The average molecular weight is 356 g/mol. The molecule has 0 amide bonds. The molecule has 0 bridgehead atoms. The minimum absolute atomic E-state index is 0.0374. The van der Waals surface area contributed by atoms with Gasteiger partial charge in [0.1, 0.15) is 12.4 Å². The average Bonchev–Trinajstić information content (AvgIpc) is 2.63. The standard InChI is InChI=1S/C21H25FN2O2/c1-6-24(5)13-23-20-10-9-18(15(3)16(20)4)21(25)26-12-17-8-7-14(2)19(22)11-17/h7-11,13H,6,12H2,1-5H3/b23-13+. The van der Waals surface area contributed by atoms with E-state index in [1.807, 2.05) is 38.8 Å². The van der Waals surface area contributed by atoms with Gasteiger partial charge in [0.25, 0.3) is 0 Å². The van der Waals surface area contributed by atoms with E-state index in [0.717, 1.165) is 23.4 Å². The molecule has 0 radical (unpaired) electrons. The van der Waals surface area contributed by atoms with Gasteiger partial charge in [-0.1, -0.05) is 12.1 Å². The largest absolute Gasteiger partial charge is 0.457 e. The van der Waals surface area contributed by atoms with Crippen LogP contribution in [0, 0.1) is 26.6 Å². The highest BCUT2D eigenvalue weighted by Crippen LogP contribution is 2.25. The molecule has 0 saturated heterocycles. The lowest BCUT2D eigenvalue weighted by Gasteiger charge is -2.12. The molecule has 0 saturated carbocycles. The van der Waals surface area contributed by atoms with Crippen LogP contribution in [0.15, 0.2) is 35.3 Å². The number of esters is 1. The molecule has 4 nitrogen and oxygen atoms in total. The first-order valence-electron chi connectivity index (χ1n) is 8.60. The number of aryl methyl sites for hydroxylation is 1. The van der Waals surface area contributed by atoms with Gasteiger partial charge in [-0.3, -0.25) is 0 Å². The lowest BCUT2D eigenvalue weighted by molar-refractivity contribution is 0.0471. The zero-order valence-corrected chi connectivity index (χ0v) is 16.0. The fourth-order valence-corrected chi connectivity index (χ4v) is 2.36. The summed E-state index contributed by atoms with van der Waals surface area (Å²) in [5.74, 6) is -0.724. The van der Waals surface area contributed by atoms with Crippen LogP contribution in [0.4, 0.5) is 10.1 Å². The first-order valence-corrected chi connectivity index (χ1v) is 8.60. The number of hydrogen-bond donors (Lipinski definition) is 0. The molecule has 2 aromatic carbocycles. The molecule has 0 spiro atoms. The summed E-state index contributed by atoms with van der Waals surface area (Å²) in [6.07, 6.45) is 1.77. The lowest BCUT2D eigenvalue weighted by Crippen LogP contribution is -2.14. The molecule has 2 rings (SSSR count). The summed E-state index contributed by atoms with van der Waals surface area (Å²) in [6.45, 7) is 8.45. The molecule has 0 unspecified atom stereocenters. The van der Waals surface area contributed by atoms with Gasteiger partial charge in [0, 0.05) is 13.6 Å². The van der Waals surface area contributed by atoms with Gasteiger partial charge in [-0.15, -0.1) is 0 Å². The molecule has 0 heterocycles. The molecule has 5 heteroatoms. The van der Waals surface area contributed by atoms with E-state index in [9.17, 15) is 9.18 Å². The van der Waals surface area contributed by atoms with Crippen molar-refractivity contribution in [1.82, 2.24) is 4.90 Å². The van der Waals surface area contributed by atoms with Gasteiger partial charge in [-0.05, 0) is 68.1 Å². The Morgan fingerprint density at radius 2 is 1.92 bits per heavy atom. The Morgan fingerprint density at radius 3 is 2.58 bits per heavy atom. The van der Waals surface area contributed by atoms with Gasteiger partial charge in [0.05, 0.1) is 17.6 Å². The summed E-state index contributed by atoms with van der Waals surface area (Å²) >= 11 is 0. The molecular formula is C21H25FN2O2. The van der Waals surface area contributed by atoms with E-state index in [0.29, 0.717) is 16.7 Å². The molecule has 26 heavy (non-hydrogen) atoms. The van der Waals surface area contributed by atoms with Gasteiger partial charge in [-0.2, -0.15) is 0 Å². The molecule has 0 atom stereocenters. The Kier molecular flexibility index (Phi) is 6.50. The van der Waals surface area contributed by atoms with Crippen LogP contribution in [0.1, 0.15) is 39.5 Å². The second kappa shape index (κ2) is 8.61. The van der Waals surface area contributed by atoms with E-state index in [1.165, 1.54) is 6.07 Å². The lowest BCUT2D eigenvalue weighted by atomic mass is 10.0. The summed E-state index contributed by atoms with van der Waals surface area (Å²) in [5.41, 5.74) is 4.27. The highest BCUT2D eigenvalue weighted by molar-refractivity contribution is 5.92. The van der Waals surface area contributed by atoms with Crippen molar-refractivity contribution in [3.63, 3.8) is 0 Å². The van der Waals surface area contributed by atoms with Crippen molar-refractivity contribution >= 4 is 18.0 Å². The fourth-order valence-electron chi connectivity index (χ4n) is 2.36. The maximum atomic E-state index is 13.6. The van der Waals surface area contributed by atoms with Crippen molar-refractivity contribution in [2.75, 3.05) is 13.6 Å². The number of rotatable bonds is 6. The first kappa shape index (κ1) is 19.6. The minimum atomic E-state index is -0.423. The van der Waals surface area contributed by atoms with E-state index in [2.05, 4.69) is 4.99 Å². The van der Waals surface area contributed by atoms with E-state index in [4.69, 9.17) is 4.74 Å². The number of aliphatic imine (C=N–C) groups is 1. The van der Waals surface area contributed by atoms with Gasteiger partial charge in [0.2, 0.25) is 0 Å². The summed E-state index contributed by atoms with van der Waals surface area (Å²) in [4.78, 5) is 18.8. The first-order chi connectivity index (χ1) is 12.3. The molecular weight excluding hydrogens is 331 g/mol. The SMILES string of the molecule is CCN(C)/C=N/c1ccc(C(=O)OCc2ccc(C)c(F)c2)c(C)c1C. The van der Waals surface area contributed by atoms with Crippen LogP contribution in [0.25, 0.3) is 0 Å². The predicted molar refractivity (Wildman–Crippen MR) is 103 cm³/mol. The van der Waals surface area contributed by atoms with E-state index < -0.39 is 5.97 Å². The molecule has 0 aliphatic carbocycles. The van der Waals surface area contributed by atoms with Crippen LogP contribution in [0.3, 0.4) is 0 Å². The Balaban J connectivity index is 2.12. The van der Waals surface area contributed by atoms with Crippen LogP contribution >= 0.6 is 0 Å². The second-order valence-corrected chi connectivity index (χ2v) is 6.36. The number of carbonyl (C=O) groups is 1. The molecule has 0 aromatic heterocycles. The van der Waals surface area contributed by atoms with E-state index >= 15 is 0 Å². The number of benzene rings is 2.